The first-order valence-corrected chi connectivity index (χ1v) is 13.8. The molecule has 242 valence electrons. The van der Waals surface area contributed by atoms with Crippen LogP contribution in [0.25, 0.3) is 11.1 Å². The second-order valence-electron chi connectivity index (χ2n) is 10.1. The number of nitro benzene ring substituents is 1. The molecular weight excluding hydrogens is 658 g/mol. The summed E-state index contributed by atoms with van der Waals surface area (Å²) in [6.07, 6.45) is -23.7. The molecule has 0 radical (unpaired) electrons. The largest absolute Gasteiger partial charge is 0.419 e. The zero-order valence-electron chi connectivity index (χ0n) is 22.3. The van der Waals surface area contributed by atoms with Gasteiger partial charge in [-0.05, 0) is 35.7 Å². The van der Waals surface area contributed by atoms with Crippen LogP contribution in [-0.4, -0.2) is 28.0 Å². The van der Waals surface area contributed by atoms with Gasteiger partial charge < -0.3 is 0 Å². The van der Waals surface area contributed by atoms with Crippen LogP contribution in [-0.2, 0) is 24.7 Å². The van der Waals surface area contributed by atoms with Gasteiger partial charge in [0.1, 0.15) is 5.69 Å². The molecule has 3 aromatic carbocycles. The number of rotatable bonds is 5. The maximum Gasteiger partial charge on any atom is 0.419 e. The molecule has 0 saturated carbocycles. The fraction of sp³-hybridized carbons (Fsp3) is 0.333. The molecule has 1 unspecified atom stereocenters. The van der Waals surface area contributed by atoms with Crippen LogP contribution in [0, 0.1) is 10.1 Å². The summed E-state index contributed by atoms with van der Waals surface area (Å²) >= 11 is 1.29. The molecular formula is C27H17F12N3O2S. The molecule has 0 spiro atoms. The fourth-order valence-electron chi connectivity index (χ4n) is 5.57. The van der Waals surface area contributed by atoms with Gasteiger partial charge in [0.05, 0.1) is 38.6 Å². The molecule has 0 N–H and O–H groups in total. The lowest BCUT2D eigenvalue weighted by molar-refractivity contribution is -0.384. The fourth-order valence-corrected chi connectivity index (χ4v) is 6.65. The van der Waals surface area contributed by atoms with E-state index in [1.54, 1.807) is 0 Å². The number of hydrogen-bond acceptors (Lipinski definition) is 5. The maximum absolute atomic E-state index is 14.6. The molecule has 2 aliphatic heterocycles. The Kier molecular flexibility index (Phi) is 7.78. The highest BCUT2D eigenvalue weighted by Crippen LogP contribution is 2.65. The lowest BCUT2D eigenvalue weighted by Crippen LogP contribution is -2.28. The number of hydrogen-bond donors (Lipinski definition) is 0. The van der Waals surface area contributed by atoms with E-state index in [0.717, 1.165) is 24.3 Å². The lowest BCUT2D eigenvalue weighted by atomic mass is 9.85. The van der Waals surface area contributed by atoms with Crippen LogP contribution in [0.5, 0.6) is 0 Å². The smallest absolute Gasteiger partial charge is 0.300 e. The average Bonchev–Trinajstić information content (AvgIpc) is 3.34. The zero-order chi connectivity index (χ0) is 33.4. The third-order valence-electron chi connectivity index (χ3n) is 7.45. The predicted molar refractivity (Wildman–Crippen MR) is 139 cm³/mol. The molecule has 0 amide bonds. The van der Waals surface area contributed by atoms with Gasteiger partial charge in [-0.2, -0.15) is 52.7 Å². The Balaban J connectivity index is 1.88. The van der Waals surface area contributed by atoms with Gasteiger partial charge in [-0.15, -0.1) is 11.8 Å². The highest BCUT2D eigenvalue weighted by atomic mass is 32.2. The van der Waals surface area contributed by atoms with Crippen molar-refractivity contribution in [3.05, 3.63) is 80.4 Å². The van der Waals surface area contributed by atoms with Crippen molar-refractivity contribution in [3.63, 3.8) is 0 Å². The summed E-state index contributed by atoms with van der Waals surface area (Å²) in [7, 11) is 0. The number of nitrogens with zero attached hydrogens (tertiary/aromatic N) is 3. The number of benzene rings is 3. The van der Waals surface area contributed by atoms with Gasteiger partial charge in [-0.3, -0.25) is 19.9 Å². The van der Waals surface area contributed by atoms with Crippen LogP contribution >= 0.6 is 11.8 Å². The van der Waals surface area contributed by atoms with Gasteiger partial charge in [0.25, 0.3) is 5.69 Å². The minimum Gasteiger partial charge on any atom is -0.300 e. The third-order valence-corrected chi connectivity index (χ3v) is 8.44. The minimum atomic E-state index is -6.04. The van der Waals surface area contributed by atoms with Crippen molar-refractivity contribution >= 4 is 34.5 Å². The molecule has 0 bridgehead atoms. The summed E-state index contributed by atoms with van der Waals surface area (Å²) in [6.45, 7) is 1.39. The van der Waals surface area contributed by atoms with Crippen molar-refractivity contribution in [1.82, 2.24) is 4.90 Å². The van der Waals surface area contributed by atoms with Crippen molar-refractivity contribution < 1.29 is 57.6 Å². The van der Waals surface area contributed by atoms with E-state index < -0.39 is 97.4 Å². The highest BCUT2D eigenvalue weighted by molar-refractivity contribution is 7.99. The molecule has 18 heteroatoms. The molecule has 0 aromatic heterocycles. The Morgan fingerprint density at radius 1 is 0.756 bits per heavy atom. The summed E-state index contributed by atoms with van der Waals surface area (Å²) in [5.41, 5.74) is -18.1. The molecule has 45 heavy (non-hydrogen) atoms. The standard InChI is InChI=1S/C27H17F12N3O2S/c1-12(40-8-9-45-11-40)13-6-7-14(20(25(31,32)33)19(13)24(28,29)30)15-10-18-23(22(27(37,38)39)21(15)26(34,35)36)41(18)16-4-2-3-5-17(16)42(43)44/h2-7,10,12H,8-9,11H2,1H3. The van der Waals surface area contributed by atoms with Crippen LogP contribution < -0.4 is 4.90 Å². The van der Waals surface area contributed by atoms with Gasteiger partial charge >= 0.3 is 24.7 Å². The van der Waals surface area contributed by atoms with Crippen LogP contribution in [0.2, 0.25) is 0 Å². The van der Waals surface area contributed by atoms with Crippen molar-refractivity contribution in [2.75, 3.05) is 23.1 Å². The summed E-state index contributed by atoms with van der Waals surface area (Å²) < 4.78 is 174. The normalized spacial score (nSPS) is 16.6. The molecule has 3 aromatic rings. The molecule has 1 saturated heterocycles. The molecule has 1 fully saturated rings. The summed E-state index contributed by atoms with van der Waals surface area (Å²) in [5, 5.41) is 11.5. The number of alkyl halides is 12. The number of fused-ring (bicyclic) bond motifs is 1. The first-order chi connectivity index (χ1) is 20.7. The van der Waals surface area contributed by atoms with E-state index in [-0.39, 0.29) is 18.5 Å². The first kappa shape index (κ1) is 32.7. The number of para-hydroxylation sites is 2. The van der Waals surface area contributed by atoms with Crippen molar-refractivity contribution in [3.8, 4) is 11.1 Å². The van der Waals surface area contributed by atoms with Crippen molar-refractivity contribution in [2.45, 2.75) is 37.7 Å². The highest BCUT2D eigenvalue weighted by Gasteiger charge is 2.55. The quantitative estimate of drug-likeness (QED) is 0.0913. The molecule has 0 aliphatic carbocycles. The van der Waals surface area contributed by atoms with E-state index in [1.165, 1.54) is 23.6 Å². The number of anilines is 3. The van der Waals surface area contributed by atoms with Gasteiger partial charge in [0.2, 0.25) is 0 Å². The Morgan fingerprint density at radius 3 is 1.82 bits per heavy atom. The Bertz CT molecular complexity index is 1680. The summed E-state index contributed by atoms with van der Waals surface area (Å²) in [6, 6.07) is 3.78. The van der Waals surface area contributed by atoms with E-state index in [0.29, 0.717) is 22.8 Å². The zero-order valence-corrected chi connectivity index (χ0v) is 23.2. The summed E-state index contributed by atoms with van der Waals surface area (Å²) in [4.78, 5) is 12.3. The predicted octanol–water partition coefficient (Wildman–Crippen LogP) is 10.2. The number of thioether (sulfide) groups is 1. The van der Waals surface area contributed by atoms with Crippen molar-refractivity contribution in [1.29, 1.82) is 0 Å². The van der Waals surface area contributed by atoms with Crippen LogP contribution in [0.15, 0.2) is 42.5 Å². The Hall–Kier alpha value is -3.67. The van der Waals surface area contributed by atoms with E-state index in [2.05, 4.69) is 0 Å². The van der Waals surface area contributed by atoms with Crippen molar-refractivity contribution in [2.24, 2.45) is 0 Å². The third kappa shape index (κ3) is 5.77. The molecule has 5 nitrogen and oxygen atoms in total. The van der Waals surface area contributed by atoms with Crippen LogP contribution in [0.4, 0.5) is 75.4 Å². The topological polar surface area (TPSA) is 49.4 Å². The molecule has 2 aliphatic rings. The maximum atomic E-state index is 14.6. The minimum absolute atomic E-state index is 0.154. The van der Waals surface area contributed by atoms with Gasteiger partial charge in [-0.1, -0.05) is 24.3 Å². The van der Waals surface area contributed by atoms with E-state index in [1.807, 2.05) is 0 Å². The molecule has 5 rings (SSSR count). The average molecular weight is 675 g/mol. The second-order valence-corrected chi connectivity index (χ2v) is 11.2. The number of nitro groups is 1. The Morgan fingerprint density at radius 2 is 1.31 bits per heavy atom. The lowest BCUT2D eigenvalue weighted by Gasteiger charge is -2.30. The first-order valence-electron chi connectivity index (χ1n) is 12.7. The Labute approximate surface area is 249 Å². The SMILES string of the molecule is CC(c1ccc(-c2cc3c(c(C(F)(F)F)c2C(F)(F)F)N3c2ccccc2[N+](=O)[O-])c(C(F)(F)F)c1C(F)(F)F)N1CCSC1. The van der Waals surface area contributed by atoms with E-state index in [9.17, 15) is 62.8 Å². The van der Waals surface area contributed by atoms with Gasteiger partial charge in [-0.25, -0.2) is 0 Å². The van der Waals surface area contributed by atoms with E-state index in [4.69, 9.17) is 0 Å². The summed E-state index contributed by atoms with van der Waals surface area (Å²) in [5.74, 6) is 0.608. The molecule has 1 atom stereocenters. The van der Waals surface area contributed by atoms with Crippen LogP contribution in [0.3, 0.4) is 0 Å². The molecule has 2 heterocycles. The van der Waals surface area contributed by atoms with E-state index >= 15 is 0 Å². The second kappa shape index (κ2) is 10.7. The number of halogens is 12. The van der Waals surface area contributed by atoms with Crippen LogP contribution in [0.1, 0.15) is 40.8 Å². The van der Waals surface area contributed by atoms with Gasteiger partial charge in [0.15, 0.2) is 0 Å². The monoisotopic (exact) mass is 675 g/mol. The van der Waals surface area contributed by atoms with Gasteiger partial charge in [0, 0.05) is 30.3 Å².